The van der Waals surface area contributed by atoms with Crippen LogP contribution in [0.15, 0.2) is 55.0 Å². The number of hydrogen-bond donors (Lipinski definition) is 1. The topological polar surface area (TPSA) is 75.5 Å². The molecule has 0 saturated carbocycles. The summed E-state index contributed by atoms with van der Waals surface area (Å²) in [5, 5.41) is 0. The summed E-state index contributed by atoms with van der Waals surface area (Å²) in [6.07, 6.45) is 6.16. The van der Waals surface area contributed by atoms with Crippen LogP contribution in [-0.4, -0.2) is 43.4 Å². The minimum Gasteiger partial charge on any atom is -0.410 e. The summed E-state index contributed by atoms with van der Waals surface area (Å²) in [6.45, 7) is 3.50. The van der Waals surface area contributed by atoms with E-state index >= 15 is 0 Å². The van der Waals surface area contributed by atoms with Crippen LogP contribution in [0.4, 0.5) is 4.79 Å². The highest BCUT2D eigenvalue weighted by molar-refractivity contribution is 5.75. The Morgan fingerprint density at radius 1 is 1.18 bits per heavy atom. The van der Waals surface area contributed by atoms with Gasteiger partial charge in [-0.05, 0) is 30.5 Å². The number of ether oxygens (including phenoxy) is 1. The summed E-state index contributed by atoms with van der Waals surface area (Å²) in [5.74, 6) is 2.06. The second kappa shape index (κ2) is 6.67. The zero-order valence-electron chi connectivity index (χ0n) is 15.6. The Hall–Kier alpha value is -3.35. The molecule has 0 aliphatic carbocycles. The van der Waals surface area contributed by atoms with Gasteiger partial charge in [0.2, 0.25) is 0 Å². The Bertz CT molecular complexity index is 1130. The maximum Gasteiger partial charge on any atom is 0.415 e. The number of hydrogen-bond acceptors (Lipinski definition) is 4. The predicted molar refractivity (Wildman–Crippen MR) is 105 cm³/mol. The smallest absolute Gasteiger partial charge is 0.410 e. The molecule has 1 amide bonds. The lowest BCUT2D eigenvalue weighted by molar-refractivity contribution is 0.123. The van der Waals surface area contributed by atoms with Gasteiger partial charge in [0.15, 0.2) is 5.65 Å². The van der Waals surface area contributed by atoms with Crippen molar-refractivity contribution >= 4 is 22.8 Å². The largest absolute Gasteiger partial charge is 0.415 e. The highest BCUT2D eigenvalue weighted by atomic mass is 16.6. The average Bonchev–Trinajstić information content (AvgIpc) is 3.35. The number of imidazole rings is 1. The number of rotatable bonds is 2. The Morgan fingerprint density at radius 2 is 2.00 bits per heavy atom. The van der Waals surface area contributed by atoms with Crippen LogP contribution in [0.5, 0.6) is 5.75 Å². The molecule has 4 aromatic rings. The van der Waals surface area contributed by atoms with E-state index in [1.54, 1.807) is 17.0 Å². The SMILES string of the molecule is CC1CCN(C(=O)Oc2ccccc2)CC1c1ncc2cnc3[nH]ccc3n12. The van der Waals surface area contributed by atoms with Crippen LogP contribution in [0.3, 0.4) is 0 Å². The predicted octanol–water partition coefficient (Wildman–Crippen LogP) is 3.84. The first-order chi connectivity index (χ1) is 13.7. The van der Waals surface area contributed by atoms with Gasteiger partial charge < -0.3 is 14.6 Å². The Balaban J connectivity index is 1.45. The first-order valence-corrected chi connectivity index (χ1v) is 9.52. The number of fused-ring (bicyclic) bond motifs is 3. The molecule has 7 nitrogen and oxygen atoms in total. The molecule has 1 aliphatic heterocycles. The quantitative estimate of drug-likeness (QED) is 0.578. The maximum absolute atomic E-state index is 12.7. The molecule has 1 aliphatic rings. The fraction of sp³-hybridized carbons (Fsp3) is 0.286. The number of amides is 1. The molecule has 1 saturated heterocycles. The van der Waals surface area contributed by atoms with Crippen molar-refractivity contribution in [1.29, 1.82) is 0 Å². The number of carbonyl (C=O) groups is 1. The number of benzene rings is 1. The van der Waals surface area contributed by atoms with E-state index in [0.717, 1.165) is 28.9 Å². The highest BCUT2D eigenvalue weighted by Crippen LogP contribution is 2.33. The number of carbonyl (C=O) groups excluding carboxylic acids is 1. The fourth-order valence-corrected chi connectivity index (χ4v) is 3.99. The average molecular weight is 375 g/mol. The van der Waals surface area contributed by atoms with E-state index in [-0.39, 0.29) is 12.0 Å². The zero-order chi connectivity index (χ0) is 19.1. The number of H-pyrrole nitrogens is 1. The number of nitrogens with zero attached hydrogens (tertiary/aromatic N) is 4. The summed E-state index contributed by atoms with van der Waals surface area (Å²) in [5.41, 5.74) is 2.79. The van der Waals surface area contributed by atoms with Crippen LogP contribution < -0.4 is 4.74 Å². The highest BCUT2D eigenvalue weighted by Gasteiger charge is 2.33. The normalized spacial score (nSPS) is 20.0. The van der Waals surface area contributed by atoms with Gasteiger partial charge in [-0.25, -0.2) is 14.8 Å². The van der Waals surface area contributed by atoms with Gasteiger partial charge in [-0.2, -0.15) is 0 Å². The molecule has 1 N–H and O–H groups in total. The van der Waals surface area contributed by atoms with Gasteiger partial charge in [-0.15, -0.1) is 0 Å². The number of aromatic amines is 1. The molecule has 5 rings (SSSR count). The number of para-hydroxylation sites is 1. The molecule has 28 heavy (non-hydrogen) atoms. The van der Waals surface area contributed by atoms with Crippen molar-refractivity contribution in [1.82, 2.24) is 24.3 Å². The van der Waals surface area contributed by atoms with Crippen molar-refractivity contribution in [2.75, 3.05) is 13.1 Å². The molecule has 142 valence electrons. The lowest BCUT2D eigenvalue weighted by Crippen LogP contribution is -2.44. The van der Waals surface area contributed by atoms with Gasteiger partial charge >= 0.3 is 6.09 Å². The second-order valence-corrected chi connectivity index (χ2v) is 7.35. The minimum atomic E-state index is -0.308. The van der Waals surface area contributed by atoms with Crippen LogP contribution in [0.25, 0.3) is 16.7 Å². The summed E-state index contributed by atoms with van der Waals surface area (Å²) < 4.78 is 7.69. The summed E-state index contributed by atoms with van der Waals surface area (Å²) in [7, 11) is 0. The molecule has 7 heteroatoms. The van der Waals surface area contributed by atoms with E-state index in [4.69, 9.17) is 9.72 Å². The lowest BCUT2D eigenvalue weighted by Gasteiger charge is -2.35. The third-order valence-corrected chi connectivity index (χ3v) is 5.58. The number of likely N-dealkylation sites (tertiary alicyclic amines) is 1. The Kier molecular flexibility index (Phi) is 4.00. The van der Waals surface area contributed by atoms with E-state index in [0.29, 0.717) is 24.8 Å². The second-order valence-electron chi connectivity index (χ2n) is 7.35. The molecule has 1 fully saturated rings. The fourth-order valence-electron chi connectivity index (χ4n) is 3.99. The Morgan fingerprint density at radius 3 is 2.86 bits per heavy atom. The van der Waals surface area contributed by atoms with E-state index < -0.39 is 0 Å². The molecular weight excluding hydrogens is 354 g/mol. The molecule has 0 spiro atoms. The van der Waals surface area contributed by atoms with Gasteiger partial charge in [0.25, 0.3) is 0 Å². The summed E-state index contributed by atoms with van der Waals surface area (Å²) in [4.78, 5) is 26.8. The molecule has 1 aromatic carbocycles. The third kappa shape index (κ3) is 2.79. The number of piperidine rings is 1. The van der Waals surface area contributed by atoms with Crippen LogP contribution in [0.1, 0.15) is 25.1 Å². The van der Waals surface area contributed by atoms with E-state index in [1.807, 2.05) is 42.9 Å². The molecule has 0 radical (unpaired) electrons. The van der Waals surface area contributed by atoms with E-state index in [2.05, 4.69) is 21.3 Å². The third-order valence-electron chi connectivity index (χ3n) is 5.58. The van der Waals surface area contributed by atoms with Crippen molar-refractivity contribution in [2.24, 2.45) is 5.92 Å². The van der Waals surface area contributed by atoms with Crippen LogP contribution >= 0.6 is 0 Å². The lowest BCUT2D eigenvalue weighted by atomic mass is 9.86. The van der Waals surface area contributed by atoms with Gasteiger partial charge in [0.05, 0.1) is 23.4 Å². The van der Waals surface area contributed by atoms with Crippen molar-refractivity contribution in [3.8, 4) is 5.75 Å². The first kappa shape index (κ1) is 16.8. The van der Waals surface area contributed by atoms with Gasteiger partial charge in [-0.3, -0.25) is 4.40 Å². The first-order valence-electron chi connectivity index (χ1n) is 9.52. The van der Waals surface area contributed by atoms with E-state index in [9.17, 15) is 4.79 Å². The summed E-state index contributed by atoms with van der Waals surface area (Å²) in [6, 6.07) is 11.2. The van der Waals surface area contributed by atoms with Crippen molar-refractivity contribution in [3.63, 3.8) is 0 Å². The summed E-state index contributed by atoms with van der Waals surface area (Å²) >= 11 is 0. The van der Waals surface area contributed by atoms with Crippen molar-refractivity contribution < 1.29 is 9.53 Å². The molecule has 4 heterocycles. The van der Waals surface area contributed by atoms with Gasteiger partial charge in [0.1, 0.15) is 11.6 Å². The van der Waals surface area contributed by atoms with Crippen LogP contribution in [0, 0.1) is 5.92 Å². The zero-order valence-corrected chi connectivity index (χ0v) is 15.6. The molecule has 2 atom stereocenters. The van der Waals surface area contributed by atoms with Gasteiger partial charge in [-0.1, -0.05) is 25.1 Å². The van der Waals surface area contributed by atoms with Crippen LogP contribution in [0.2, 0.25) is 0 Å². The molecule has 3 aromatic heterocycles. The van der Waals surface area contributed by atoms with Crippen molar-refractivity contribution in [3.05, 3.63) is 60.8 Å². The number of nitrogens with one attached hydrogen (secondary N) is 1. The monoisotopic (exact) mass is 375 g/mol. The van der Waals surface area contributed by atoms with Gasteiger partial charge in [0, 0.05) is 25.2 Å². The minimum absolute atomic E-state index is 0.125. The Labute approximate surface area is 162 Å². The van der Waals surface area contributed by atoms with E-state index in [1.165, 1.54) is 0 Å². The van der Waals surface area contributed by atoms with Crippen LogP contribution in [-0.2, 0) is 0 Å². The van der Waals surface area contributed by atoms with Crippen molar-refractivity contribution in [2.45, 2.75) is 19.3 Å². The number of aromatic nitrogens is 4. The standard InChI is InChI=1S/C21H21N5O2/c1-14-8-10-25(21(27)28-16-5-3-2-4-6-16)13-17(14)20-24-12-15-11-23-19-18(26(15)20)7-9-22-19/h2-7,9,11-12,14,17,22H,8,10,13H2,1H3. The molecular formula is C21H21N5O2. The molecule has 2 unspecified atom stereocenters. The molecule has 0 bridgehead atoms. The maximum atomic E-state index is 12.7.